The zero-order valence-electron chi connectivity index (χ0n) is 19.9. The highest BCUT2D eigenvalue weighted by atomic mass is 19.4. The topological polar surface area (TPSA) is 83.1 Å². The number of anilines is 2. The SMILES string of the molecule is N#Cc1ccccc1Nc1nc2ccc(-c3ccc(CC(=O)Cc4ccc(C(F)(F)F)cc4)cc3)cn2n1. The van der Waals surface area contributed by atoms with Crippen molar-refractivity contribution >= 4 is 23.1 Å². The Labute approximate surface area is 216 Å². The van der Waals surface area contributed by atoms with Gasteiger partial charge >= 0.3 is 6.18 Å². The zero-order chi connectivity index (χ0) is 26.7. The molecule has 0 radical (unpaired) electrons. The average molecular weight is 512 g/mol. The molecule has 5 aromatic rings. The standard InChI is InChI=1S/C29H20F3N5O/c30-29(31,32)24-12-7-20(8-13-24)16-25(38)15-19-5-9-21(10-6-19)23-11-14-27-35-28(36-37(27)18-23)34-26-4-2-1-3-22(26)17-33/h1-14,18H,15-16H2,(H,34,36). The van der Waals surface area contributed by atoms with Gasteiger partial charge in [-0.3, -0.25) is 4.79 Å². The number of Topliss-reactive ketones (excluding diaryl/α,β-unsaturated/α-hetero) is 1. The number of fused-ring (bicyclic) bond motifs is 1. The first-order valence-corrected chi connectivity index (χ1v) is 11.7. The molecule has 6 nitrogen and oxygen atoms in total. The van der Waals surface area contributed by atoms with Crippen molar-refractivity contribution in [3.63, 3.8) is 0 Å². The van der Waals surface area contributed by atoms with Gasteiger partial charge in [-0.05, 0) is 53.1 Å². The van der Waals surface area contributed by atoms with Crippen molar-refractivity contribution in [2.75, 3.05) is 5.32 Å². The first-order valence-electron chi connectivity index (χ1n) is 11.7. The fourth-order valence-electron chi connectivity index (χ4n) is 4.06. The predicted octanol–water partition coefficient (Wildman–Crippen LogP) is 6.38. The van der Waals surface area contributed by atoms with Crippen LogP contribution in [0.2, 0.25) is 0 Å². The van der Waals surface area contributed by atoms with Crippen molar-refractivity contribution in [3.8, 4) is 17.2 Å². The number of pyridine rings is 1. The second-order valence-electron chi connectivity index (χ2n) is 8.72. The monoisotopic (exact) mass is 511 g/mol. The summed E-state index contributed by atoms with van der Waals surface area (Å²) in [4.78, 5) is 16.9. The summed E-state index contributed by atoms with van der Waals surface area (Å²) in [5.41, 5.74) is 4.20. The highest BCUT2D eigenvalue weighted by Crippen LogP contribution is 2.29. The number of hydrogen-bond acceptors (Lipinski definition) is 5. The number of rotatable bonds is 7. The summed E-state index contributed by atoms with van der Waals surface area (Å²) in [6, 6.07) is 25.2. The molecule has 0 aliphatic heterocycles. The van der Waals surface area contributed by atoms with E-state index in [-0.39, 0.29) is 18.6 Å². The van der Waals surface area contributed by atoms with Gasteiger partial charge in [-0.2, -0.15) is 23.4 Å². The van der Waals surface area contributed by atoms with Crippen molar-refractivity contribution in [2.24, 2.45) is 0 Å². The van der Waals surface area contributed by atoms with E-state index in [1.165, 1.54) is 12.1 Å². The minimum Gasteiger partial charge on any atom is -0.322 e. The summed E-state index contributed by atoms with van der Waals surface area (Å²) in [5.74, 6) is 0.284. The number of carbonyl (C=O) groups is 1. The lowest BCUT2D eigenvalue weighted by molar-refractivity contribution is -0.137. The second-order valence-corrected chi connectivity index (χ2v) is 8.72. The molecule has 0 aliphatic carbocycles. The molecule has 0 saturated heterocycles. The van der Waals surface area contributed by atoms with Gasteiger partial charge in [0.05, 0.1) is 16.8 Å². The molecular weight excluding hydrogens is 491 g/mol. The van der Waals surface area contributed by atoms with Crippen molar-refractivity contribution in [1.29, 1.82) is 5.26 Å². The maximum Gasteiger partial charge on any atom is 0.416 e. The Kier molecular flexibility index (Phi) is 6.62. The fraction of sp³-hybridized carbons (Fsp3) is 0.103. The predicted molar refractivity (Wildman–Crippen MR) is 137 cm³/mol. The number of hydrogen-bond donors (Lipinski definition) is 1. The molecule has 0 aliphatic rings. The van der Waals surface area contributed by atoms with Crippen LogP contribution < -0.4 is 5.32 Å². The molecule has 0 atom stereocenters. The molecule has 0 amide bonds. The van der Waals surface area contributed by atoms with Crippen LogP contribution in [0.5, 0.6) is 0 Å². The van der Waals surface area contributed by atoms with Gasteiger partial charge in [0.1, 0.15) is 11.9 Å². The van der Waals surface area contributed by atoms with Crippen LogP contribution >= 0.6 is 0 Å². The van der Waals surface area contributed by atoms with Gasteiger partial charge in [-0.15, -0.1) is 5.10 Å². The molecule has 2 heterocycles. The Hall–Kier alpha value is -4.97. The Morgan fingerprint density at radius 3 is 2.16 bits per heavy atom. The van der Waals surface area contributed by atoms with Crippen LogP contribution in [0.4, 0.5) is 24.8 Å². The zero-order valence-corrected chi connectivity index (χ0v) is 19.9. The Morgan fingerprint density at radius 2 is 1.50 bits per heavy atom. The van der Waals surface area contributed by atoms with E-state index in [4.69, 9.17) is 0 Å². The number of nitriles is 1. The molecule has 0 saturated carbocycles. The van der Waals surface area contributed by atoms with Gasteiger partial charge < -0.3 is 5.32 Å². The Balaban J connectivity index is 1.25. The van der Waals surface area contributed by atoms with E-state index in [1.54, 1.807) is 22.7 Å². The largest absolute Gasteiger partial charge is 0.416 e. The summed E-state index contributed by atoms with van der Waals surface area (Å²) < 4.78 is 39.8. The average Bonchev–Trinajstić information content (AvgIpc) is 3.31. The minimum absolute atomic E-state index is 0.0675. The number of ketones is 1. The molecule has 1 N–H and O–H groups in total. The molecule has 0 unspecified atom stereocenters. The van der Waals surface area contributed by atoms with Crippen molar-refractivity contribution in [2.45, 2.75) is 19.0 Å². The summed E-state index contributed by atoms with van der Waals surface area (Å²) in [6.45, 7) is 0. The molecule has 38 heavy (non-hydrogen) atoms. The van der Waals surface area contributed by atoms with Crippen LogP contribution in [0.1, 0.15) is 22.3 Å². The van der Waals surface area contributed by atoms with Crippen LogP contribution in [-0.2, 0) is 23.8 Å². The second kappa shape index (κ2) is 10.2. The maximum absolute atomic E-state index is 12.7. The van der Waals surface area contributed by atoms with Crippen LogP contribution in [-0.4, -0.2) is 20.4 Å². The van der Waals surface area contributed by atoms with Gasteiger partial charge in [0.25, 0.3) is 0 Å². The fourth-order valence-corrected chi connectivity index (χ4v) is 4.06. The Bertz CT molecular complexity index is 1650. The molecular formula is C29H20F3N5O. The summed E-state index contributed by atoms with van der Waals surface area (Å²) in [7, 11) is 0. The lowest BCUT2D eigenvalue weighted by Gasteiger charge is -2.08. The number of halogens is 3. The maximum atomic E-state index is 12.7. The van der Waals surface area contributed by atoms with E-state index in [1.807, 2.05) is 48.7 Å². The summed E-state index contributed by atoms with van der Waals surface area (Å²) >= 11 is 0. The lowest BCUT2D eigenvalue weighted by atomic mass is 9.99. The number of alkyl halides is 3. The molecule has 0 bridgehead atoms. The van der Waals surface area contributed by atoms with Crippen molar-refractivity contribution < 1.29 is 18.0 Å². The molecule has 5 rings (SSSR count). The number of benzene rings is 3. The van der Waals surface area contributed by atoms with Crippen LogP contribution in [0, 0.1) is 11.3 Å². The van der Waals surface area contributed by atoms with E-state index in [0.29, 0.717) is 28.4 Å². The molecule has 188 valence electrons. The molecule has 9 heteroatoms. The summed E-state index contributed by atoms with van der Waals surface area (Å²) in [5, 5.41) is 16.8. The van der Waals surface area contributed by atoms with Crippen LogP contribution in [0.3, 0.4) is 0 Å². The Morgan fingerprint density at radius 1 is 0.868 bits per heavy atom. The summed E-state index contributed by atoms with van der Waals surface area (Å²) in [6.07, 6.45) is -2.30. The molecule has 3 aromatic carbocycles. The van der Waals surface area contributed by atoms with Gasteiger partial charge in [0, 0.05) is 24.6 Å². The molecule has 0 fully saturated rings. The van der Waals surface area contributed by atoms with E-state index in [9.17, 15) is 23.2 Å². The van der Waals surface area contributed by atoms with Crippen molar-refractivity contribution in [3.05, 3.63) is 113 Å². The molecule has 2 aromatic heterocycles. The lowest BCUT2D eigenvalue weighted by Crippen LogP contribution is -2.08. The number of nitrogens with one attached hydrogen (secondary N) is 1. The minimum atomic E-state index is -4.40. The van der Waals surface area contributed by atoms with E-state index >= 15 is 0 Å². The first kappa shape index (κ1) is 24.7. The van der Waals surface area contributed by atoms with Gasteiger partial charge in [-0.1, -0.05) is 48.5 Å². The number of aromatic nitrogens is 3. The number of para-hydroxylation sites is 1. The van der Waals surface area contributed by atoms with Gasteiger partial charge in [0.15, 0.2) is 5.65 Å². The third kappa shape index (κ3) is 5.55. The van der Waals surface area contributed by atoms with Gasteiger partial charge in [0.2, 0.25) is 5.95 Å². The highest BCUT2D eigenvalue weighted by Gasteiger charge is 2.30. The van der Waals surface area contributed by atoms with Gasteiger partial charge in [-0.25, -0.2) is 4.52 Å². The van der Waals surface area contributed by atoms with E-state index in [0.717, 1.165) is 28.8 Å². The molecule has 0 spiro atoms. The number of nitrogens with zero attached hydrogens (tertiary/aromatic N) is 4. The first-order chi connectivity index (χ1) is 18.3. The van der Waals surface area contributed by atoms with Crippen molar-refractivity contribution in [1.82, 2.24) is 14.6 Å². The highest BCUT2D eigenvalue weighted by molar-refractivity contribution is 5.83. The smallest absolute Gasteiger partial charge is 0.322 e. The van der Waals surface area contributed by atoms with Crippen LogP contribution in [0.15, 0.2) is 91.1 Å². The third-order valence-electron chi connectivity index (χ3n) is 6.00. The van der Waals surface area contributed by atoms with E-state index in [2.05, 4.69) is 21.5 Å². The quantitative estimate of drug-likeness (QED) is 0.274. The normalized spacial score (nSPS) is 11.3. The third-order valence-corrected chi connectivity index (χ3v) is 6.00. The van der Waals surface area contributed by atoms with Crippen LogP contribution in [0.25, 0.3) is 16.8 Å². The number of carbonyl (C=O) groups excluding carboxylic acids is 1. The van der Waals surface area contributed by atoms with E-state index < -0.39 is 11.7 Å².